The smallest absolute Gasteiger partial charge is 0.326 e. The number of aromatic amines is 2. The van der Waals surface area contributed by atoms with Gasteiger partial charge in [0.1, 0.15) is 0 Å². The number of fused-ring (bicyclic) bond motifs is 1. The molecule has 176 valence electrons. The zero-order chi connectivity index (χ0) is 23.6. The molecule has 1 saturated heterocycles. The van der Waals surface area contributed by atoms with Crippen LogP contribution in [0.3, 0.4) is 0 Å². The van der Waals surface area contributed by atoms with Gasteiger partial charge in [0.2, 0.25) is 10.0 Å². The molecule has 4 rings (SSSR count). The molecule has 0 bridgehead atoms. The van der Waals surface area contributed by atoms with E-state index in [9.17, 15) is 18.0 Å². The molecule has 2 heterocycles. The Labute approximate surface area is 192 Å². The Hall–Kier alpha value is -2.95. The van der Waals surface area contributed by atoms with Crippen LogP contribution in [-0.4, -0.2) is 62.1 Å². The molecular formula is C23H29N5O4S. The Morgan fingerprint density at radius 2 is 1.79 bits per heavy atom. The van der Waals surface area contributed by atoms with Crippen LogP contribution < -0.4 is 20.9 Å². The number of aromatic nitrogens is 2. The SMILES string of the molecule is Cc1cccc(N2CCN(CCC(C)NS(=O)(=O)c3ccc4[nH]c(=O)[nH]c(=O)c4c3)CC2)c1. The number of nitrogens with zero attached hydrogens (tertiary/aromatic N) is 2. The quantitative estimate of drug-likeness (QED) is 0.479. The summed E-state index contributed by atoms with van der Waals surface area (Å²) in [5, 5.41) is 0.122. The molecule has 2 aromatic carbocycles. The molecule has 0 aliphatic carbocycles. The first-order chi connectivity index (χ1) is 15.7. The highest BCUT2D eigenvalue weighted by molar-refractivity contribution is 7.89. The van der Waals surface area contributed by atoms with E-state index < -0.39 is 21.3 Å². The van der Waals surface area contributed by atoms with Gasteiger partial charge in [-0.25, -0.2) is 17.9 Å². The van der Waals surface area contributed by atoms with Crippen LogP contribution in [0.1, 0.15) is 18.9 Å². The molecule has 1 fully saturated rings. The van der Waals surface area contributed by atoms with Crippen LogP contribution in [0.25, 0.3) is 10.9 Å². The summed E-state index contributed by atoms with van der Waals surface area (Å²) in [5.74, 6) is 0. The molecule has 33 heavy (non-hydrogen) atoms. The van der Waals surface area contributed by atoms with Crippen molar-refractivity contribution in [2.45, 2.75) is 31.2 Å². The van der Waals surface area contributed by atoms with Gasteiger partial charge in [-0.15, -0.1) is 0 Å². The van der Waals surface area contributed by atoms with Crippen LogP contribution in [0.4, 0.5) is 5.69 Å². The lowest BCUT2D eigenvalue weighted by molar-refractivity contribution is 0.248. The summed E-state index contributed by atoms with van der Waals surface area (Å²) >= 11 is 0. The average Bonchev–Trinajstić information content (AvgIpc) is 2.77. The second-order valence-electron chi connectivity index (χ2n) is 8.59. The Morgan fingerprint density at radius 1 is 1.03 bits per heavy atom. The molecule has 0 amide bonds. The van der Waals surface area contributed by atoms with Crippen LogP contribution in [0.2, 0.25) is 0 Å². The molecule has 1 atom stereocenters. The highest BCUT2D eigenvalue weighted by atomic mass is 32.2. The molecule has 0 radical (unpaired) electrons. The number of H-pyrrole nitrogens is 2. The Bertz CT molecular complexity index is 1360. The maximum absolute atomic E-state index is 12.8. The first kappa shape index (κ1) is 23.2. The van der Waals surface area contributed by atoms with Gasteiger partial charge in [-0.1, -0.05) is 12.1 Å². The van der Waals surface area contributed by atoms with Gasteiger partial charge in [0.05, 0.1) is 15.8 Å². The average molecular weight is 472 g/mol. The molecule has 3 N–H and O–H groups in total. The van der Waals surface area contributed by atoms with E-state index in [4.69, 9.17) is 0 Å². The molecule has 1 unspecified atom stereocenters. The van der Waals surface area contributed by atoms with Crippen LogP contribution in [0, 0.1) is 6.92 Å². The fraction of sp³-hybridized carbons (Fsp3) is 0.391. The van der Waals surface area contributed by atoms with Crippen LogP contribution in [0.15, 0.2) is 56.9 Å². The van der Waals surface area contributed by atoms with E-state index in [1.807, 2.05) is 6.92 Å². The molecule has 0 saturated carbocycles. The van der Waals surface area contributed by atoms with Crippen molar-refractivity contribution in [1.82, 2.24) is 19.6 Å². The summed E-state index contributed by atoms with van der Waals surface area (Å²) in [5.41, 5.74) is 1.54. The largest absolute Gasteiger partial charge is 0.369 e. The van der Waals surface area contributed by atoms with E-state index in [1.54, 1.807) is 0 Å². The first-order valence-corrected chi connectivity index (χ1v) is 12.5. The normalized spacial score (nSPS) is 16.2. The van der Waals surface area contributed by atoms with Crippen molar-refractivity contribution < 1.29 is 8.42 Å². The highest BCUT2D eigenvalue weighted by Gasteiger charge is 2.21. The van der Waals surface area contributed by atoms with Gasteiger partial charge in [-0.2, -0.15) is 0 Å². The minimum atomic E-state index is -3.80. The van der Waals surface area contributed by atoms with Gasteiger partial charge in [0.15, 0.2) is 0 Å². The lowest BCUT2D eigenvalue weighted by atomic mass is 10.2. The minimum Gasteiger partial charge on any atom is -0.369 e. The van der Waals surface area contributed by atoms with E-state index in [0.29, 0.717) is 11.9 Å². The zero-order valence-electron chi connectivity index (χ0n) is 18.8. The van der Waals surface area contributed by atoms with E-state index in [0.717, 1.165) is 32.7 Å². The molecule has 3 aromatic rings. The minimum absolute atomic E-state index is 0.00818. The van der Waals surface area contributed by atoms with Gasteiger partial charge < -0.3 is 9.88 Å². The maximum atomic E-state index is 12.8. The second-order valence-corrected chi connectivity index (χ2v) is 10.3. The third kappa shape index (κ3) is 5.52. The molecule has 1 aliphatic heterocycles. The lowest BCUT2D eigenvalue weighted by Crippen LogP contribution is -2.47. The molecule has 10 heteroatoms. The van der Waals surface area contributed by atoms with Crippen molar-refractivity contribution in [3.05, 3.63) is 68.9 Å². The number of benzene rings is 2. The summed E-state index contributed by atoms with van der Waals surface area (Å²) in [4.78, 5) is 32.7. The fourth-order valence-corrected chi connectivity index (χ4v) is 5.44. The van der Waals surface area contributed by atoms with Crippen molar-refractivity contribution in [2.75, 3.05) is 37.6 Å². The number of hydrogen-bond donors (Lipinski definition) is 3. The number of aryl methyl sites for hydroxylation is 1. The highest BCUT2D eigenvalue weighted by Crippen LogP contribution is 2.18. The molecule has 0 spiro atoms. The van der Waals surface area contributed by atoms with Crippen LogP contribution in [-0.2, 0) is 10.0 Å². The lowest BCUT2D eigenvalue weighted by Gasteiger charge is -2.36. The van der Waals surface area contributed by atoms with Crippen molar-refractivity contribution >= 4 is 26.6 Å². The summed E-state index contributed by atoms with van der Waals surface area (Å²) < 4.78 is 28.4. The van der Waals surface area contributed by atoms with Crippen molar-refractivity contribution in [1.29, 1.82) is 0 Å². The standard InChI is InChI=1S/C23H29N5O4S/c1-16-4-3-5-18(14-16)28-12-10-27(11-13-28)9-8-17(2)26-33(31,32)19-6-7-21-20(15-19)22(29)25-23(30)24-21/h3-7,14-15,17,26H,8-13H2,1-2H3,(H2,24,25,29,30). The van der Waals surface area contributed by atoms with Gasteiger partial charge in [0, 0.05) is 37.9 Å². The molecule has 1 aromatic heterocycles. The van der Waals surface area contributed by atoms with Crippen molar-refractivity contribution in [2.24, 2.45) is 0 Å². The second kappa shape index (κ2) is 9.50. The van der Waals surface area contributed by atoms with E-state index in [2.05, 4.69) is 55.7 Å². The number of anilines is 1. The summed E-state index contributed by atoms with van der Waals surface area (Å²) in [6.07, 6.45) is 0.672. The third-order valence-electron chi connectivity index (χ3n) is 5.99. The van der Waals surface area contributed by atoms with Gasteiger partial charge in [0.25, 0.3) is 5.56 Å². The number of hydrogen-bond acceptors (Lipinski definition) is 6. The number of nitrogens with one attached hydrogen (secondary N) is 3. The monoisotopic (exact) mass is 471 g/mol. The maximum Gasteiger partial charge on any atom is 0.326 e. The summed E-state index contributed by atoms with van der Waals surface area (Å²) in [7, 11) is -3.80. The summed E-state index contributed by atoms with van der Waals surface area (Å²) in [6.45, 7) is 8.47. The molecule has 1 aliphatic rings. The van der Waals surface area contributed by atoms with E-state index in [1.165, 1.54) is 29.4 Å². The van der Waals surface area contributed by atoms with Crippen LogP contribution in [0.5, 0.6) is 0 Å². The predicted molar refractivity (Wildman–Crippen MR) is 129 cm³/mol. The zero-order valence-corrected chi connectivity index (χ0v) is 19.6. The molecule has 9 nitrogen and oxygen atoms in total. The first-order valence-electron chi connectivity index (χ1n) is 11.0. The van der Waals surface area contributed by atoms with Crippen LogP contribution >= 0.6 is 0 Å². The Kier molecular flexibility index (Phi) is 6.68. The predicted octanol–water partition coefficient (Wildman–Crippen LogP) is 1.40. The number of sulfonamides is 1. The molecular weight excluding hydrogens is 442 g/mol. The van der Waals surface area contributed by atoms with Crippen molar-refractivity contribution in [3.8, 4) is 0 Å². The third-order valence-corrected chi connectivity index (χ3v) is 7.58. The number of piperazine rings is 1. The Balaban J connectivity index is 1.32. The Morgan fingerprint density at radius 3 is 2.52 bits per heavy atom. The van der Waals surface area contributed by atoms with E-state index in [-0.39, 0.29) is 16.3 Å². The summed E-state index contributed by atoms with van der Waals surface area (Å²) in [6, 6.07) is 12.3. The fourth-order valence-electron chi connectivity index (χ4n) is 4.13. The topological polar surface area (TPSA) is 118 Å². The van der Waals surface area contributed by atoms with Gasteiger partial charge >= 0.3 is 5.69 Å². The van der Waals surface area contributed by atoms with Crippen molar-refractivity contribution in [3.63, 3.8) is 0 Å². The number of rotatable bonds is 7. The van der Waals surface area contributed by atoms with Gasteiger partial charge in [-0.3, -0.25) is 14.7 Å². The van der Waals surface area contributed by atoms with E-state index >= 15 is 0 Å². The van der Waals surface area contributed by atoms with Gasteiger partial charge in [-0.05, 0) is 62.7 Å².